The smallest absolute Gasteiger partial charge is 0.341 e. The molecule has 0 radical (unpaired) electrons. The van der Waals surface area contributed by atoms with Gasteiger partial charge in [-0.05, 0) is 56.9 Å². The normalized spacial score (nSPS) is 12.3. The lowest BCUT2D eigenvalue weighted by Gasteiger charge is -2.20. The highest BCUT2D eigenvalue weighted by atomic mass is 32.2. The van der Waals surface area contributed by atoms with Crippen molar-refractivity contribution in [3.05, 3.63) is 52.2 Å². The van der Waals surface area contributed by atoms with Gasteiger partial charge in [-0.15, -0.1) is 21.5 Å². The molecule has 0 aliphatic rings. The van der Waals surface area contributed by atoms with Gasteiger partial charge in [-0.2, -0.15) is 0 Å². The third kappa shape index (κ3) is 6.88. The molecule has 8 nitrogen and oxygen atoms in total. The summed E-state index contributed by atoms with van der Waals surface area (Å²) in [5.41, 5.74) is 1.69. The topological polar surface area (TPSA) is 95.3 Å². The average molecular weight is 531 g/mol. The van der Waals surface area contributed by atoms with E-state index in [9.17, 15) is 9.59 Å². The predicted molar refractivity (Wildman–Crippen MR) is 144 cm³/mol. The van der Waals surface area contributed by atoms with Gasteiger partial charge >= 0.3 is 5.97 Å². The van der Waals surface area contributed by atoms with Crippen LogP contribution >= 0.6 is 23.1 Å². The Kier molecular flexibility index (Phi) is 9.19. The van der Waals surface area contributed by atoms with Gasteiger partial charge in [0, 0.05) is 11.4 Å². The quantitative estimate of drug-likeness (QED) is 0.253. The first kappa shape index (κ1) is 27.7. The number of aryl methyl sites for hydroxylation is 1. The van der Waals surface area contributed by atoms with Gasteiger partial charge in [0.05, 0.1) is 17.9 Å². The van der Waals surface area contributed by atoms with Crippen molar-refractivity contribution in [2.45, 2.75) is 71.7 Å². The number of hydrogen-bond acceptors (Lipinski definition) is 8. The standard InChI is InChI=1S/C26H34N4O4S2/c1-8-30-22(17(4)34-19-12-10-18(11-13-19)26(5,6)7)28-29-25(30)35-15-21(31)27-23-20(14-16(3)36-23)24(32)33-9-2/h10-14,17H,8-9,15H2,1-7H3,(H,27,31). The molecule has 2 aromatic heterocycles. The summed E-state index contributed by atoms with van der Waals surface area (Å²) in [7, 11) is 0. The van der Waals surface area contributed by atoms with Gasteiger partial charge < -0.3 is 19.4 Å². The number of nitrogens with one attached hydrogen (secondary N) is 1. The molecule has 194 valence electrons. The van der Waals surface area contributed by atoms with Crippen molar-refractivity contribution >= 4 is 40.0 Å². The summed E-state index contributed by atoms with van der Waals surface area (Å²) in [4.78, 5) is 25.7. The molecule has 0 aliphatic carbocycles. The van der Waals surface area contributed by atoms with Crippen molar-refractivity contribution in [2.75, 3.05) is 17.7 Å². The fourth-order valence-corrected chi connectivity index (χ4v) is 5.28. The number of carbonyl (C=O) groups excluding carboxylic acids is 2. The van der Waals surface area contributed by atoms with E-state index in [1.807, 2.05) is 37.5 Å². The maximum absolute atomic E-state index is 12.6. The maximum Gasteiger partial charge on any atom is 0.341 e. The van der Waals surface area contributed by atoms with Crippen LogP contribution in [-0.4, -0.2) is 39.0 Å². The molecule has 1 atom stereocenters. The van der Waals surface area contributed by atoms with E-state index in [2.05, 4.69) is 48.4 Å². The highest BCUT2D eigenvalue weighted by Gasteiger charge is 2.22. The molecule has 1 amide bonds. The number of esters is 1. The molecule has 0 aliphatic heterocycles. The Bertz CT molecular complexity index is 1200. The Morgan fingerprint density at radius 2 is 1.86 bits per heavy atom. The zero-order valence-electron chi connectivity index (χ0n) is 21.9. The summed E-state index contributed by atoms with van der Waals surface area (Å²) in [5, 5.41) is 12.6. The van der Waals surface area contributed by atoms with Gasteiger partial charge in [0.25, 0.3) is 0 Å². The van der Waals surface area contributed by atoms with E-state index < -0.39 is 5.97 Å². The number of carbonyl (C=O) groups is 2. The van der Waals surface area contributed by atoms with Crippen LogP contribution in [0.1, 0.15) is 74.3 Å². The summed E-state index contributed by atoms with van der Waals surface area (Å²) in [6.07, 6.45) is -0.317. The molecule has 10 heteroatoms. The second-order valence-electron chi connectivity index (χ2n) is 9.28. The number of rotatable bonds is 10. The van der Waals surface area contributed by atoms with Crippen LogP contribution in [-0.2, 0) is 21.5 Å². The van der Waals surface area contributed by atoms with Gasteiger partial charge in [-0.1, -0.05) is 44.7 Å². The number of nitrogens with zero attached hydrogens (tertiary/aromatic N) is 3. The fourth-order valence-electron chi connectivity index (χ4n) is 3.56. The number of amides is 1. The third-order valence-corrected chi connectivity index (χ3v) is 7.33. The third-order valence-electron chi connectivity index (χ3n) is 5.39. The van der Waals surface area contributed by atoms with Crippen molar-refractivity contribution < 1.29 is 19.1 Å². The predicted octanol–water partition coefficient (Wildman–Crippen LogP) is 6.01. The maximum atomic E-state index is 12.6. The number of benzene rings is 1. The Hall–Kier alpha value is -2.85. The minimum atomic E-state index is -0.442. The van der Waals surface area contributed by atoms with E-state index in [0.29, 0.717) is 28.1 Å². The molecule has 0 fully saturated rings. The van der Waals surface area contributed by atoms with E-state index in [-0.39, 0.29) is 29.8 Å². The van der Waals surface area contributed by atoms with Crippen molar-refractivity contribution in [1.29, 1.82) is 0 Å². The second-order valence-corrected chi connectivity index (χ2v) is 11.5. The lowest BCUT2D eigenvalue weighted by Crippen LogP contribution is -2.17. The van der Waals surface area contributed by atoms with Gasteiger partial charge in [0.1, 0.15) is 10.8 Å². The van der Waals surface area contributed by atoms with E-state index in [1.54, 1.807) is 13.0 Å². The molecular weight excluding hydrogens is 496 g/mol. The van der Waals surface area contributed by atoms with Gasteiger partial charge in [-0.25, -0.2) is 4.79 Å². The molecule has 0 saturated carbocycles. The second kappa shape index (κ2) is 11.9. The van der Waals surface area contributed by atoms with Crippen LogP contribution in [0, 0.1) is 6.92 Å². The number of aromatic nitrogens is 3. The number of ether oxygens (including phenoxy) is 2. The molecule has 3 aromatic rings. The van der Waals surface area contributed by atoms with Crippen LogP contribution in [0.4, 0.5) is 5.00 Å². The van der Waals surface area contributed by atoms with E-state index in [1.165, 1.54) is 28.7 Å². The zero-order valence-corrected chi connectivity index (χ0v) is 23.5. The van der Waals surface area contributed by atoms with E-state index in [0.717, 1.165) is 10.6 Å². The van der Waals surface area contributed by atoms with Crippen molar-refractivity contribution in [2.24, 2.45) is 0 Å². The molecule has 3 rings (SSSR count). The van der Waals surface area contributed by atoms with E-state index >= 15 is 0 Å². The Morgan fingerprint density at radius 3 is 2.47 bits per heavy atom. The number of thiophene rings is 1. The average Bonchev–Trinajstić information content (AvgIpc) is 3.40. The lowest BCUT2D eigenvalue weighted by molar-refractivity contribution is -0.113. The Balaban J connectivity index is 1.64. The first-order valence-electron chi connectivity index (χ1n) is 11.9. The number of hydrogen-bond donors (Lipinski definition) is 1. The van der Waals surface area contributed by atoms with Gasteiger partial charge in [0.2, 0.25) is 5.91 Å². The fraction of sp³-hybridized carbons (Fsp3) is 0.462. The van der Waals surface area contributed by atoms with Crippen molar-refractivity contribution in [3.63, 3.8) is 0 Å². The van der Waals surface area contributed by atoms with Gasteiger partial charge in [-0.3, -0.25) is 4.79 Å². The summed E-state index contributed by atoms with van der Waals surface area (Å²) in [5.74, 6) is 0.906. The molecule has 0 bridgehead atoms. The highest BCUT2D eigenvalue weighted by Crippen LogP contribution is 2.30. The molecule has 1 N–H and O–H groups in total. The summed E-state index contributed by atoms with van der Waals surface area (Å²) in [6, 6.07) is 9.83. The minimum absolute atomic E-state index is 0.0770. The minimum Gasteiger partial charge on any atom is -0.483 e. The SMILES string of the molecule is CCOC(=O)c1cc(C)sc1NC(=O)CSc1nnc(C(C)Oc2ccc(C(C)(C)C)cc2)n1CC. The number of thioether (sulfide) groups is 1. The van der Waals surface area contributed by atoms with Crippen LogP contribution < -0.4 is 10.1 Å². The lowest BCUT2D eigenvalue weighted by atomic mass is 9.87. The van der Waals surface area contributed by atoms with Crippen molar-refractivity contribution in [3.8, 4) is 5.75 Å². The molecule has 1 unspecified atom stereocenters. The monoisotopic (exact) mass is 530 g/mol. The molecule has 36 heavy (non-hydrogen) atoms. The van der Waals surface area contributed by atoms with Crippen LogP contribution in [0.5, 0.6) is 5.75 Å². The Morgan fingerprint density at radius 1 is 1.17 bits per heavy atom. The first-order chi connectivity index (χ1) is 17.0. The summed E-state index contributed by atoms with van der Waals surface area (Å²) in [6.45, 7) is 15.0. The van der Waals surface area contributed by atoms with E-state index in [4.69, 9.17) is 9.47 Å². The highest BCUT2D eigenvalue weighted by molar-refractivity contribution is 7.99. The van der Waals surface area contributed by atoms with Crippen molar-refractivity contribution in [1.82, 2.24) is 14.8 Å². The molecule has 2 heterocycles. The van der Waals surface area contributed by atoms with Crippen LogP contribution in [0.2, 0.25) is 0 Å². The summed E-state index contributed by atoms with van der Waals surface area (Å²) < 4.78 is 13.2. The molecule has 1 aromatic carbocycles. The molecule has 0 saturated heterocycles. The Labute approximate surface area is 220 Å². The van der Waals surface area contributed by atoms with Gasteiger partial charge in [0.15, 0.2) is 17.1 Å². The van der Waals surface area contributed by atoms with Crippen LogP contribution in [0.15, 0.2) is 35.5 Å². The largest absolute Gasteiger partial charge is 0.483 e. The van der Waals surface area contributed by atoms with Crippen LogP contribution in [0.3, 0.4) is 0 Å². The summed E-state index contributed by atoms with van der Waals surface area (Å²) >= 11 is 2.64. The number of anilines is 1. The zero-order chi connectivity index (χ0) is 26.5. The molecule has 0 spiro atoms. The van der Waals surface area contributed by atoms with Crippen LogP contribution in [0.25, 0.3) is 0 Å². The first-order valence-corrected chi connectivity index (χ1v) is 13.7. The molecular formula is C26H34N4O4S2.